The summed E-state index contributed by atoms with van der Waals surface area (Å²) in [4.78, 5) is 6.55. The number of halogens is 1. The largest absolute Gasteiger partial charge is 0.294 e. The van der Waals surface area contributed by atoms with E-state index in [9.17, 15) is 4.39 Å². The molecule has 1 aliphatic heterocycles. The lowest BCUT2D eigenvalue weighted by Crippen LogP contribution is -2.30. The highest BCUT2D eigenvalue weighted by atomic mass is 19.1. The Hall–Kier alpha value is -0.960. The molecule has 1 atom stereocenters. The Labute approximate surface area is 96.5 Å². The highest BCUT2D eigenvalue weighted by Crippen LogP contribution is 2.34. The molecule has 2 heterocycles. The quantitative estimate of drug-likeness (QED) is 0.764. The van der Waals surface area contributed by atoms with Gasteiger partial charge >= 0.3 is 0 Å². The molecule has 16 heavy (non-hydrogen) atoms. The second-order valence-electron chi connectivity index (χ2n) is 4.82. The van der Waals surface area contributed by atoms with Crippen LogP contribution >= 0.6 is 0 Å². The predicted molar refractivity (Wildman–Crippen MR) is 62.7 cm³/mol. The summed E-state index contributed by atoms with van der Waals surface area (Å²) in [6.07, 6.45) is 3.61. The van der Waals surface area contributed by atoms with Crippen LogP contribution in [-0.4, -0.2) is 22.5 Å². The fourth-order valence-corrected chi connectivity index (χ4v) is 2.60. The molecule has 88 valence electrons. The van der Waals surface area contributed by atoms with Crippen LogP contribution in [0.5, 0.6) is 0 Å². The fraction of sp³-hybridized carbons (Fsp3) is 0.615. The standard InChI is InChI=1S/C13H19FN2/c1-9(2)16-6-4-5-13(16)12-7-11(14)8-15-10(12)3/h7-9,13H,4-6H2,1-3H3. The van der Waals surface area contributed by atoms with E-state index in [2.05, 4.69) is 23.7 Å². The summed E-state index contributed by atoms with van der Waals surface area (Å²) >= 11 is 0. The van der Waals surface area contributed by atoms with Crippen molar-refractivity contribution in [3.8, 4) is 0 Å². The molecule has 0 bridgehead atoms. The lowest BCUT2D eigenvalue weighted by molar-refractivity contribution is 0.204. The second-order valence-corrected chi connectivity index (χ2v) is 4.82. The maximum Gasteiger partial charge on any atom is 0.141 e. The van der Waals surface area contributed by atoms with Crippen LogP contribution in [0, 0.1) is 12.7 Å². The van der Waals surface area contributed by atoms with Gasteiger partial charge in [-0.05, 0) is 51.8 Å². The molecule has 2 rings (SSSR count). The molecule has 1 aromatic rings. The smallest absolute Gasteiger partial charge is 0.141 e. The van der Waals surface area contributed by atoms with Crippen molar-refractivity contribution in [1.82, 2.24) is 9.88 Å². The van der Waals surface area contributed by atoms with Crippen molar-refractivity contribution in [2.45, 2.75) is 45.7 Å². The predicted octanol–water partition coefficient (Wildman–Crippen LogP) is 3.07. The van der Waals surface area contributed by atoms with Gasteiger partial charge in [0.25, 0.3) is 0 Å². The molecule has 1 aromatic heterocycles. The SMILES string of the molecule is Cc1ncc(F)cc1C1CCCN1C(C)C. The van der Waals surface area contributed by atoms with Gasteiger partial charge in [-0.1, -0.05) is 0 Å². The van der Waals surface area contributed by atoms with Gasteiger partial charge < -0.3 is 0 Å². The highest BCUT2D eigenvalue weighted by molar-refractivity contribution is 5.24. The van der Waals surface area contributed by atoms with Crippen LogP contribution in [0.25, 0.3) is 0 Å². The summed E-state index contributed by atoms with van der Waals surface area (Å²) in [5.41, 5.74) is 2.02. The average molecular weight is 222 g/mol. The van der Waals surface area contributed by atoms with Gasteiger partial charge in [-0.2, -0.15) is 0 Å². The monoisotopic (exact) mass is 222 g/mol. The minimum absolute atomic E-state index is 0.226. The summed E-state index contributed by atoms with van der Waals surface area (Å²) in [7, 11) is 0. The van der Waals surface area contributed by atoms with Gasteiger partial charge in [0.15, 0.2) is 0 Å². The Morgan fingerprint density at radius 2 is 2.25 bits per heavy atom. The summed E-state index contributed by atoms with van der Waals surface area (Å²) in [5, 5.41) is 0. The normalized spacial score (nSPS) is 21.9. The second kappa shape index (κ2) is 4.50. The molecule has 0 aliphatic carbocycles. The van der Waals surface area contributed by atoms with E-state index in [1.165, 1.54) is 12.6 Å². The van der Waals surface area contributed by atoms with Gasteiger partial charge in [0.1, 0.15) is 5.82 Å². The number of hydrogen-bond donors (Lipinski definition) is 0. The van der Waals surface area contributed by atoms with Crippen molar-refractivity contribution in [2.75, 3.05) is 6.54 Å². The van der Waals surface area contributed by atoms with Crippen molar-refractivity contribution >= 4 is 0 Å². The van der Waals surface area contributed by atoms with Crippen LogP contribution < -0.4 is 0 Å². The zero-order chi connectivity index (χ0) is 11.7. The Morgan fingerprint density at radius 3 is 2.94 bits per heavy atom. The van der Waals surface area contributed by atoms with Crippen LogP contribution in [0.4, 0.5) is 4.39 Å². The molecule has 0 amide bonds. The van der Waals surface area contributed by atoms with Gasteiger partial charge in [-0.15, -0.1) is 0 Å². The topological polar surface area (TPSA) is 16.1 Å². The summed E-state index contributed by atoms with van der Waals surface area (Å²) in [6, 6.07) is 2.51. The van der Waals surface area contributed by atoms with Gasteiger partial charge in [0.05, 0.1) is 6.20 Å². The van der Waals surface area contributed by atoms with Crippen LogP contribution in [0.2, 0.25) is 0 Å². The minimum atomic E-state index is -0.226. The summed E-state index contributed by atoms with van der Waals surface area (Å²) in [5.74, 6) is -0.226. The van der Waals surface area contributed by atoms with E-state index in [0.717, 1.165) is 24.2 Å². The van der Waals surface area contributed by atoms with E-state index in [0.29, 0.717) is 12.1 Å². The number of nitrogens with zero attached hydrogens (tertiary/aromatic N) is 2. The van der Waals surface area contributed by atoms with Crippen LogP contribution in [-0.2, 0) is 0 Å². The van der Waals surface area contributed by atoms with Crippen molar-refractivity contribution in [3.05, 3.63) is 29.3 Å². The first-order valence-corrected chi connectivity index (χ1v) is 5.97. The number of aromatic nitrogens is 1. The Bertz CT molecular complexity index is 376. The van der Waals surface area contributed by atoms with Gasteiger partial charge in [0.2, 0.25) is 0 Å². The van der Waals surface area contributed by atoms with Crippen molar-refractivity contribution < 1.29 is 4.39 Å². The molecule has 0 aromatic carbocycles. The Morgan fingerprint density at radius 1 is 1.50 bits per heavy atom. The number of hydrogen-bond acceptors (Lipinski definition) is 2. The Balaban J connectivity index is 2.32. The van der Waals surface area contributed by atoms with E-state index in [1.54, 1.807) is 6.07 Å². The lowest BCUT2D eigenvalue weighted by Gasteiger charge is -2.29. The molecule has 1 unspecified atom stereocenters. The molecular weight excluding hydrogens is 203 g/mol. The van der Waals surface area contributed by atoms with Crippen molar-refractivity contribution in [2.24, 2.45) is 0 Å². The number of likely N-dealkylation sites (tertiary alicyclic amines) is 1. The molecule has 3 heteroatoms. The summed E-state index contributed by atoms with van der Waals surface area (Å²) in [6.45, 7) is 7.46. The van der Waals surface area contributed by atoms with E-state index in [-0.39, 0.29) is 5.82 Å². The van der Waals surface area contributed by atoms with E-state index in [1.807, 2.05) is 6.92 Å². The maximum absolute atomic E-state index is 13.2. The zero-order valence-corrected chi connectivity index (χ0v) is 10.2. The lowest BCUT2D eigenvalue weighted by atomic mass is 10.0. The molecule has 0 spiro atoms. The Kier molecular flexibility index (Phi) is 3.24. The third-order valence-corrected chi connectivity index (χ3v) is 3.41. The molecule has 1 saturated heterocycles. The first-order valence-electron chi connectivity index (χ1n) is 5.97. The van der Waals surface area contributed by atoms with Crippen LogP contribution in [0.1, 0.15) is 44.0 Å². The molecule has 0 N–H and O–H groups in total. The molecular formula is C13H19FN2. The zero-order valence-electron chi connectivity index (χ0n) is 10.2. The van der Waals surface area contributed by atoms with Gasteiger partial charge in [0, 0.05) is 17.8 Å². The molecule has 1 aliphatic rings. The van der Waals surface area contributed by atoms with E-state index < -0.39 is 0 Å². The highest BCUT2D eigenvalue weighted by Gasteiger charge is 2.29. The molecule has 0 saturated carbocycles. The maximum atomic E-state index is 13.2. The fourth-order valence-electron chi connectivity index (χ4n) is 2.60. The molecule has 0 radical (unpaired) electrons. The van der Waals surface area contributed by atoms with Gasteiger partial charge in [-0.3, -0.25) is 9.88 Å². The van der Waals surface area contributed by atoms with Crippen molar-refractivity contribution in [1.29, 1.82) is 0 Å². The first-order chi connectivity index (χ1) is 7.59. The number of rotatable bonds is 2. The first kappa shape index (κ1) is 11.5. The summed E-state index contributed by atoms with van der Waals surface area (Å²) < 4.78 is 13.2. The third-order valence-electron chi connectivity index (χ3n) is 3.41. The van der Waals surface area contributed by atoms with Crippen molar-refractivity contribution in [3.63, 3.8) is 0 Å². The van der Waals surface area contributed by atoms with Gasteiger partial charge in [-0.25, -0.2) is 4.39 Å². The molecule has 2 nitrogen and oxygen atoms in total. The third kappa shape index (κ3) is 2.09. The minimum Gasteiger partial charge on any atom is -0.294 e. The number of pyridine rings is 1. The molecule has 1 fully saturated rings. The van der Waals surface area contributed by atoms with Crippen LogP contribution in [0.3, 0.4) is 0 Å². The van der Waals surface area contributed by atoms with E-state index in [4.69, 9.17) is 0 Å². The average Bonchev–Trinajstić information content (AvgIpc) is 2.70. The van der Waals surface area contributed by atoms with E-state index >= 15 is 0 Å². The number of aryl methyl sites for hydroxylation is 1. The van der Waals surface area contributed by atoms with Crippen LogP contribution in [0.15, 0.2) is 12.3 Å².